The molecule has 2 fully saturated rings. The second-order valence-corrected chi connectivity index (χ2v) is 7.21. The Labute approximate surface area is 144 Å². The number of likely N-dealkylation sites (tertiary alicyclic amines) is 1. The molecule has 0 aromatic carbocycles. The monoisotopic (exact) mass is 354 g/mol. The maximum absolute atomic E-state index is 12.2. The lowest BCUT2D eigenvalue weighted by Crippen LogP contribution is -2.59. The summed E-state index contributed by atoms with van der Waals surface area (Å²) in [5.41, 5.74) is -0.289. The van der Waals surface area contributed by atoms with Crippen LogP contribution in [0.1, 0.15) is 12.8 Å². The van der Waals surface area contributed by atoms with E-state index < -0.39 is 0 Å². The second kappa shape index (κ2) is 7.39. The summed E-state index contributed by atoms with van der Waals surface area (Å²) in [7, 11) is 1.80. The molecule has 0 aliphatic carbocycles. The van der Waals surface area contributed by atoms with Gasteiger partial charge in [-0.2, -0.15) is 10.3 Å². The Balaban J connectivity index is 1.38. The number of aromatic nitrogens is 3. The summed E-state index contributed by atoms with van der Waals surface area (Å²) < 4.78 is 5.79. The molecule has 9 nitrogen and oxygen atoms in total. The number of ether oxygens (including phenoxy) is 1. The normalized spacial score (nSPS) is 20.5. The molecule has 24 heavy (non-hydrogen) atoms. The van der Waals surface area contributed by atoms with Crippen LogP contribution in [0, 0.1) is 0 Å². The number of aromatic amines is 1. The molecule has 2 aliphatic heterocycles. The number of hydrogen-bond donors (Lipinski definition) is 2. The molecule has 2 saturated heterocycles. The largest absolute Gasteiger partial charge is 0.363 e. The zero-order valence-corrected chi connectivity index (χ0v) is 14.5. The molecule has 2 aliphatic rings. The lowest BCUT2D eigenvalue weighted by Gasteiger charge is -2.46. The summed E-state index contributed by atoms with van der Waals surface area (Å²) >= 11 is 1.54. The Morgan fingerprint density at radius 3 is 2.96 bits per heavy atom. The summed E-state index contributed by atoms with van der Waals surface area (Å²) in [5, 5.41) is 14.0. The van der Waals surface area contributed by atoms with Gasteiger partial charge in [0.25, 0.3) is 0 Å². The number of piperidine rings is 1. The van der Waals surface area contributed by atoms with Crippen molar-refractivity contribution in [1.29, 1.82) is 0 Å². The average Bonchev–Trinajstić information content (AvgIpc) is 3.09. The van der Waals surface area contributed by atoms with Gasteiger partial charge in [-0.05, 0) is 12.8 Å². The van der Waals surface area contributed by atoms with E-state index in [-0.39, 0.29) is 24.1 Å². The first-order chi connectivity index (χ1) is 11.6. The van der Waals surface area contributed by atoms with Crippen molar-refractivity contribution < 1.29 is 14.3 Å². The maximum atomic E-state index is 12.2. The Morgan fingerprint density at radius 1 is 1.50 bits per heavy atom. The number of amides is 3. The molecule has 2 N–H and O–H groups in total. The van der Waals surface area contributed by atoms with Crippen LogP contribution in [-0.4, -0.2) is 88.3 Å². The van der Waals surface area contributed by atoms with Gasteiger partial charge < -0.3 is 19.9 Å². The van der Waals surface area contributed by atoms with Crippen molar-refractivity contribution in [2.24, 2.45) is 0 Å². The highest BCUT2D eigenvalue weighted by molar-refractivity contribution is 7.99. The van der Waals surface area contributed by atoms with Gasteiger partial charge in [0.15, 0.2) is 0 Å². The molecule has 3 rings (SSSR count). The predicted octanol–water partition coefficient (Wildman–Crippen LogP) is -0.0704. The van der Waals surface area contributed by atoms with Crippen molar-refractivity contribution >= 4 is 23.7 Å². The molecule has 0 unspecified atom stereocenters. The van der Waals surface area contributed by atoms with Crippen LogP contribution < -0.4 is 5.32 Å². The van der Waals surface area contributed by atoms with Crippen molar-refractivity contribution in [3.8, 4) is 0 Å². The van der Waals surface area contributed by atoms with Gasteiger partial charge in [0.05, 0.1) is 11.8 Å². The van der Waals surface area contributed by atoms with E-state index in [1.165, 1.54) is 11.8 Å². The van der Waals surface area contributed by atoms with Crippen LogP contribution in [0.2, 0.25) is 0 Å². The van der Waals surface area contributed by atoms with Gasteiger partial charge in [-0.1, -0.05) is 0 Å². The van der Waals surface area contributed by atoms with Gasteiger partial charge in [0.1, 0.15) is 11.6 Å². The molecule has 1 aromatic heterocycles. The van der Waals surface area contributed by atoms with E-state index in [1.807, 2.05) is 4.90 Å². The van der Waals surface area contributed by atoms with Crippen LogP contribution in [0.3, 0.4) is 0 Å². The van der Waals surface area contributed by atoms with E-state index in [4.69, 9.17) is 4.74 Å². The van der Waals surface area contributed by atoms with Crippen molar-refractivity contribution in [2.45, 2.75) is 23.5 Å². The number of nitrogens with one attached hydrogen (secondary N) is 2. The van der Waals surface area contributed by atoms with E-state index >= 15 is 0 Å². The zero-order valence-electron chi connectivity index (χ0n) is 13.7. The molecule has 0 bridgehead atoms. The number of morpholine rings is 1. The van der Waals surface area contributed by atoms with Gasteiger partial charge in [-0.25, -0.2) is 4.79 Å². The predicted molar refractivity (Wildman–Crippen MR) is 87.6 cm³/mol. The fourth-order valence-electron chi connectivity index (χ4n) is 3.00. The van der Waals surface area contributed by atoms with Crippen molar-refractivity contribution in [1.82, 2.24) is 30.5 Å². The van der Waals surface area contributed by atoms with Crippen LogP contribution in [-0.2, 0) is 9.53 Å². The molecule has 0 radical (unpaired) electrons. The third kappa shape index (κ3) is 3.99. The number of carbonyl (C=O) groups is 2. The highest BCUT2D eigenvalue weighted by Gasteiger charge is 2.41. The third-order valence-electron chi connectivity index (χ3n) is 4.44. The Bertz CT molecular complexity index is 573. The minimum Gasteiger partial charge on any atom is -0.363 e. The molecule has 1 aromatic rings. The fraction of sp³-hybridized carbons (Fsp3) is 0.714. The standard InChI is InChI=1S/C14H22N6O3S/c1-19-10-14(23-9-12(19)21)2-5-20(6-3-14)13(22)15-4-7-24-11-8-16-18-17-11/h8H,2-7,9-10H2,1H3,(H,15,22)(H,16,17,18). The van der Waals surface area contributed by atoms with E-state index in [9.17, 15) is 9.59 Å². The molecular formula is C14H22N6O3S. The first-order valence-corrected chi connectivity index (χ1v) is 8.96. The van der Waals surface area contributed by atoms with Crippen LogP contribution in [0.15, 0.2) is 11.2 Å². The lowest BCUT2D eigenvalue weighted by molar-refractivity contribution is -0.167. The fourth-order valence-corrected chi connectivity index (χ4v) is 3.64. The van der Waals surface area contributed by atoms with Gasteiger partial charge in [0.2, 0.25) is 5.91 Å². The van der Waals surface area contributed by atoms with Crippen LogP contribution in [0.5, 0.6) is 0 Å². The summed E-state index contributed by atoms with van der Waals surface area (Å²) in [6.45, 7) is 2.61. The van der Waals surface area contributed by atoms with Crippen molar-refractivity contribution in [2.75, 3.05) is 45.6 Å². The maximum Gasteiger partial charge on any atom is 0.317 e. The topological polar surface area (TPSA) is 103 Å². The van der Waals surface area contributed by atoms with E-state index in [2.05, 4.69) is 20.7 Å². The zero-order chi connectivity index (χ0) is 17.0. The number of hydrogen-bond acceptors (Lipinski definition) is 6. The number of likely N-dealkylation sites (N-methyl/N-ethyl adjacent to an activating group) is 1. The number of nitrogens with zero attached hydrogens (tertiary/aromatic N) is 4. The van der Waals surface area contributed by atoms with E-state index in [1.54, 1.807) is 18.1 Å². The Kier molecular flexibility index (Phi) is 5.24. The Hall–Kier alpha value is -1.81. The van der Waals surface area contributed by atoms with Crippen molar-refractivity contribution in [3.05, 3.63) is 6.20 Å². The summed E-state index contributed by atoms with van der Waals surface area (Å²) in [4.78, 5) is 27.3. The minimum atomic E-state index is -0.289. The lowest BCUT2D eigenvalue weighted by atomic mass is 9.89. The first kappa shape index (κ1) is 17.0. The minimum absolute atomic E-state index is 0.0189. The van der Waals surface area contributed by atoms with Crippen molar-refractivity contribution in [3.63, 3.8) is 0 Å². The smallest absolute Gasteiger partial charge is 0.317 e. The highest BCUT2D eigenvalue weighted by atomic mass is 32.2. The summed E-state index contributed by atoms with van der Waals surface area (Å²) in [5.74, 6) is 0.761. The number of thioether (sulfide) groups is 1. The highest BCUT2D eigenvalue weighted by Crippen LogP contribution is 2.29. The summed E-state index contributed by atoms with van der Waals surface area (Å²) in [6.07, 6.45) is 3.17. The molecule has 1 spiro atoms. The van der Waals surface area contributed by atoms with Crippen LogP contribution in [0.25, 0.3) is 0 Å². The SMILES string of the molecule is CN1CC2(CCN(C(=O)NCCSc3cn[nH]n3)CC2)OCC1=O. The number of rotatable bonds is 4. The Morgan fingerprint density at radius 2 is 2.29 bits per heavy atom. The molecule has 3 heterocycles. The third-order valence-corrected chi connectivity index (χ3v) is 5.34. The van der Waals surface area contributed by atoms with Crippen LogP contribution in [0.4, 0.5) is 4.79 Å². The molecule has 0 saturated carbocycles. The molecule has 0 atom stereocenters. The number of H-pyrrole nitrogens is 1. The molecular weight excluding hydrogens is 332 g/mol. The van der Waals surface area contributed by atoms with E-state index in [0.29, 0.717) is 26.2 Å². The number of urea groups is 1. The summed E-state index contributed by atoms with van der Waals surface area (Å²) in [6, 6.07) is -0.0501. The second-order valence-electron chi connectivity index (χ2n) is 6.10. The molecule has 3 amide bonds. The average molecular weight is 354 g/mol. The van der Waals surface area contributed by atoms with Gasteiger partial charge in [-0.3, -0.25) is 4.79 Å². The van der Waals surface area contributed by atoms with E-state index in [0.717, 1.165) is 23.6 Å². The van der Waals surface area contributed by atoms with Gasteiger partial charge in [0, 0.05) is 39.0 Å². The van der Waals surface area contributed by atoms with Gasteiger partial charge >= 0.3 is 6.03 Å². The molecule has 10 heteroatoms. The van der Waals surface area contributed by atoms with Gasteiger partial charge in [-0.15, -0.1) is 16.9 Å². The first-order valence-electron chi connectivity index (χ1n) is 7.97. The molecule has 132 valence electrons. The number of carbonyl (C=O) groups excluding carboxylic acids is 2. The van der Waals surface area contributed by atoms with Crippen LogP contribution >= 0.6 is 11.8 Å². The quantitative estimate of drug-likeness (QED) is 0.579.